The molecule has 3 N–H and O–H groups in total. The first-order chi connectivity index (χ1) is 4.54. The van der Waals surface area contributed by atoms with Gasteiger partial charge in [0, 0.05) is 6.92 Å². The molecule has 5 heteroatoms. The molecular formula is C5H9NO4. The third-order valence-electron chi connectivity index (χ3n) is 0.829. The minimum atomic E-state index is -1.51. The SMILES string of the molecule is CC(=O)NC[C@@H](O)C(=O)O. The normalized spacial score (nSPS) is 12.2. The minimum Gasteiger partial charge on any atom is -0.479 e. The molecule has 0 spiro atoms. The number of aliphatic hydroxyl groups excluding tert-OH is 1. The molecule has 0 saturated heterocycles. The highest BCUT2D eigenvalue weighted by Crippen LogP contribution is 1.78. The van der Waals surface area contributed by atoms with Crippen molar-refractivity contribution in [2.45, 2.75) is 13.0 Å². The highest BCUT2D eigenvalue weighted by Gasteiger charge is 2.11. The van der Waals surface area contributed by atoms with Gasteiger partial charge in [0.2, 0.25) is 5.91 Å². The summed E-state index contributed by atoms with van der Waals surface area (Å²) in [5, 5.41) is 18.8. The molecular weight excluding hydrogens is 138 g/mol. The number of aliphatic hydroxyl groups is 1. The Balaban J connectivity index is 3.49. The highest BCUT2D eigenvalue weighted by atomic mass is 16.4. The fourth-order valence-electron chi connectivity index (χ4n) is 0.328. The van der Waals surface area contributed by atoms with Crippen molar-refractivity contribution < 1.29 is 19.8 Å². The van der Waals surface area contributed by atoms with Crippen LogP contribution in [0.5, 0.6) is 0 Å². The molecule has 0 aromatic rings. The molecule has 0 aliphatic carbocycles. The van der Waals surface area contributed by atoms with E-state index in [9.17, 15) is 9.59 Å². The second kappa shape index (κ2) is 3.84. The summed E-state index contributed by atoms with van der Waals surface area (Å²) < 4.78 is 0. The quantitative estimate of drug-likeness (QED) is 0.456. The number of carboxylic acid groups (broad SMARTS) is 1. The van der Waals surface area contributed by atoms with Crippen LogP contribution in [0, 0.1) is 0 Å². The van der Waals surface area contributed by atoms with E-state index in [2.05, 4.69) is 5.32 Å². The Kier molecular flexibility index (Phi) is 3.42. The lowest BCUT2D eigenvalue weighted by Crippen LogP contribution is -2.35. The average molecular weight is 147 g/mol. The van der Waals surface area contributed by atoms with Crippen LogP contribution in [-0.4, -0.2) is 34.7 Å². The standard InChI is InChI=1S/C5H9NO4/c1-3(7)6-2-4(8)5(9)10/h4,8H,2H2,1H3,(H,6,7)(H,9,10)/t4-/m1/s1. The number of hydrogen-bond acceptors (Lipinski definition) is 3. The second-order valence-corrected chi connectivity index (χ2v) is 1.79. The third-order valence-corrected chi connectivity index (χ3v) is 0.829. The van der Waals surface area contributed by atoms with Crippen LogP contribution in [0.25, 0.3) is 0 Å². The third kappa shape index (κ3) is 3.85. The zero-order valence-corrected chi connectivity index (χ0v) is 5.50. The summed E-state index contributed by atoms with van der Waals surface area (Å²) in [5.74, 6) is -1.70. The predicted molar refractivity (Wildman–Crippen MR) is 32.3 cm³/mol. The van der Waals surface area contributed by atoms with Crippen LogP contribution < -0.4 is 5.32 Å². The van der Waals surface area contributed by atoms with Crippen molar-refractivity contribution in [1.29, 1.82) is 0 Å². The number of nitrogens with one attached hydrogen (secondary N) is 1. The lowest BCUT2D eigenvalue weighted by atomic mass is 10.3. The number of hydrogen-bond donors (Lipinski definition) is 3. The summed E-state index contributed by atoms with van der Waals surface area (Å²) in [6.07, 6.45) is -1.51. The summed E-state index contributed by atoms with van der Waals surface area (Å²) >= 11 is 0. The zero-order chi connectivity index (χ0) is 8.15. The predicted octanol–water partition coefficient (Wildman–Crippen LogP) is -1.43. The van der Waals surface area contributed by atoms with Crippen molar-refractivity contribution in [3.63, 3.8) is 0 Å². The molecule has 1 amide bonds. The van der Waals surface area contributed by atoms with Crippen LogP contribution >= 0.6 is 0 Å². The molecule has 0 aromatic heterocycles. The first-order valence-electron chi connectivity index (χ1n) is 2.69. The van der Waals surface area contributed by atoms with E-state index >= 15 is 0 Å². The monoisotopic (exact) mass is 147 g/mol. The van der Waals surface area contributed by atoms with Gasteiger partial charge in [-0.05, 0) is 0 Å². The van der Waals surface area contributed by atoms with Crippen LogP contribution in [0.15, 0.2) is 0 Å². The van der Waals surface area contributed by atoms with Gasteiger partial charge in [0.1, 0.15) is 0 Å². The van der Waals surface area contributed by atoms with E-state index in [0.29, 0.717) is 0 Å². The molecule has 0 aromatic carbocycles. The molecule has 10 heavy (non-hydrogen) atoms. The van der Waals surface area contributed by atoms with Gasteiger partial charge in [-0.2, -0.15) is 0 Å². The molecule has 1 atom stereocenters. The topological polar surface area (TPSA) is 86.6 Å². The Morgan fingerprint density at radius 2 is 2.10 bits per heavy atom. The number of rotatable bonds is 3. The van der Waals surface area contributed by atoms with Crippen LogP contribution in [0.4, 0.5) is 0 Å². The largest absolute Gasteiger partial charge is 0.479 e. The molecule has 0 heterocycles. The summed E-state index contributed by atoms with van der Waals surface area (Å²) in [6.45, 7) is 0.999. The maximum atomic E-state index is 10.2. The molecule has 0 fully saturated rings. The molecule has 0 bridgehead atoms. The molecule has 0 aliphatic rings. The molecule has 0 unspecified atom stereocenters. The van der Waals surface area contributed by atoms with Crippen molar-refractivity contribution >= 4 is 11.9 Å². The van der Waals surface area contributed by atoms with Crippen LogP contribution in [0.1, 0.15) is 6.92 Å². The van der Waals surface area contributed by atoms with Crippen molar-refractivity contribution in [3.05, 3.63) is 0 Å². The number of aliphatic carboxylic acids is 1. The fourth-order valence-corrected chi connectivity index (χ4v) is 0.328. The Bertz CT molecular complexity index is 145. The summed E-state index contributed by atoms with van der Waals surface area (Å²) in [7, 11) is 0. The van der Waals surface area contributed by atoms with E-state index in [1.165, 1.54) is 6.92 Å². The number of carboxylic acids is 1. The average Bonchev–Trinajstić information content (AvgIpc) is 1.82. The van der Waals surface area contributed by atoms with Gasteiger partial charge in [0.25, 0.3) is 0 Å². The molecule has 5 nitrogen and oxygen atoms in total. The molecule has 0 radical (unpaired) electrons. The summed E-state index contributed by atoms with van der Waals surface area (Å²) in [5.41, 5.74) is 0. The smallest absolute Gasteiger partial charge is 0.334 e. The molecule has 0 rings (SSSR count). The lowest BCUT2D eigenvalue weighted by molar-refractivity contribution is -0.146. The van der Waals surface area contributed by atoms with Crippen LogP contribution in [-0.2, 0) is 9.59 Å². The van der Waals surface area contributed by atoms with E-state index < -0.39 is 12.1 Å². The Hall–Kier alpha value is -1.10. The van der Waals surface area contributed by atoms with Gasteiger partial charge in [-0.25, -0.2) is 4.79 Å². The zero-order valence-electron chi connectivity index (χ0n) is 5.50. The molecule has 58 valence electrons. The number of carbonyl (C=O) groups excluding carboxylic acids is 1. The first-order valence-corrected chi connectivity index (χ1v) is 2.69. The maximum absolute atomic E-state index is 10.2. The van der Waals surface area contributed by atoms with E-state index in [1.807, 2.05) is 0 Å². The Morgan fingerprint density at radius 1 is 1.60 bits per heavy atom. The van der Waals surface area contributed by atoms with Crippen LogP contribution in [0.2, 0.25) is 0 Å². The van der Waals surface area contributed by atoms with Gasteiger partial charge in [-0.3, -0.25) is 4.79 Å². The molecule has 0 aliphatic heterocycles. The van der Waals surface area contributed by atoms with E-state index in [-0.39, 0.29) is 12.5 Å². The molecule has 0 saturated carbocycles. The van der Waals surface area contributed by atoms with E-state index in [1.54, 1.807) is 0 Å². The van der Waals surface area contributed by atoms with Crippen molar-refractivity contribution in [3.8, 4) is 0 Å². The highest BCUT2D eigenvalue weighted by molar-refractivity contribution is 5.76. The van der Waals surface area contributed by atoms with Gasteiger partial charge in [-0.15, -0.1) is 0 Å². The Morgan fingerprint density at radius 3 is 2.40 bits per heavy atom. The Labute approximate surface area is 57.7 Å². The van der Waals surface area contributed by atoms with Gasteiger partial charge in [0.05, 0.1) is 6.54 Å². The fraction of sp³-hybridized carbons (Fsp3) is 0.600. The van der Waals surface area contributed by atoms with E-state index in [4.69, 9.17) is 10.2 Å². The number of amides is 1. The van der Waals surface area contributed by atoms with E-state index in [0.717, 1.165) is 0 Å². The maximum Gasteiger partial charge on any atom is 0.334 e. The summed E-state index contributed by atoms with van der Waals surface area (Å²) in [6, 6.07) is 0. The van der Waals surface area contributed by atoms with Gasteiger partial charge in [0.15, 0.2) is 6.10 Å². The minimum absolute atomic E-state index is 0.245. The first kappa shape index (κ1) is 8.90. The van der Waals surface area contributed by atoms with Gasteiger partial charge >= 0.3 is 5.97 Å². The lowest BCUT2D eigenvalue weighted by Gasteiger charge is -2.04. The second-order valence-electron chi connectivity index (χ2n) is 1.79. The number of carbonyl (C=O) groups is 2. The van der Waals surface area contributed by atoms with Gasteiger partial charge < -0.3 is 15.5 Å². The van der Waals surface area contributed by atoms with Gasteiger partial charge in [-0.1, -0.05) is 0 Å². The van der Waals surface area contributed by atoms with Crippen molar-refractivity contribution in [2.75, 3.05) is 6.54 Å². The van der Waals surface area contributed by atoms with Crippen molar-refractivity contribution in [1.82, 2.24) is 5.32 Å². The van der Waals surface area contributed by atoms with Crippen LogP contribution in [0.3, 0.4) is 0 Å². The van der Waals surface area contributed by atoms with Crippen molar-refractivity contribution in [2.24, 2.45) is 0 Å². The summed E-state index contributed by atoms with van der Waals surface area (Å²) in [4.78, 5) is 20.1.